The summed E-state index contributed by atoms with van der Waals surface area (Å²) in [6.45, 7) is 6.62. The zero-order chi connectivity index (χ0) is 59.2. The third-order valence-electron chi connectivity index (χ3n) is 16.2. The van der Waals surface area contributed by atoms with E-state index in [1.165, 1.54) is 257 Å². The van der Waals surface area contributed by atoms with Crippen molar-refractivity contribution in [2.24, 2.45) is 0 Å². The first-order valence-electron chi connectivity index (χ1n) is 36.3. The Morgan fingerprint density at radius 1 is 0.244 bits per heavy atom. The van der Waals surface area contributed by atoms with E-state index in [9.17, 15) is 14.4 Å². The minimum atomic E-state index is -0.784. The van der Waals surface area contributed by atoms with Crippen molar-refractivity contribution >= 4 is 17.9 Å². The Morgan fingerprint density at radius 3 is 0.720 bits per heavy atom. The normalized spacial score (nSPS) is 12.4. The molecule has 0 aliphatic carbocycles. The number of allylic oxidation sites excluding steroid dienone is 10. The molecule has 0 aliphatic heterocycles. The van der Waals surface area contributed by atoms with Gasteiger partial charge in [-0.05, 0) is 109 Å². The summed E-state index contributed by atoms with van der Waals surface area (Å²) in [5.74, 6) is -0.880. The lowest BCUT2D eigenvalue weighted by Gasteiger charge is -2.18. The molecule has 0 bridgehead atoms. The molecule has 0 amide bonds. The van der Waals surface area contributed by atoms with Crippen LogP contribution in [0.4, 0.5) is 0 Å². The highest BCUT2D eigenvalue weighted by Gasteiger charge is 2.19. The maximum atomic E-state index is 12.9. The van der Waals surface area contributed by atoms with Crippen LogP contribution in [0.1, 0.15) is 387 Å². The molecule has 0 aromatic carbocycles. The Morgan fingerprint density at radius 2 is 0.439 bits per heavy atom. The van der Waals surface area contributed by atoms with Crippen LogP contribution < -0.4 is 0 Å². The second-order valence-electron chi connectivity index (χ2n) is 24.5. The molecule has 0 spiro atoms. The molecular weight excluding hydrogens is 1010 g/mol. The monoisotopic (exact) mass is 1150 g/mol. The van der Waals surface area contributed by atoms with E-state index in [0.29, 0.717) is 19.3 Å². The Labute approximate surface area is 510 Å². The standard InChI is InChI=1S/C76H138O6/c1-4-7-10-13-16-19-22-25-27-29-31-32-33-34-35-36-37-38-39-40-41-42-43-44-46-47-49-51-54-57-60-63-66-69-75(78)81-72-73(71-80-74(77)68-65-62-59-56-53-24-21-18-15-12-9-6-3)82-76(79)70-67-64-61-58-55-52-50-48-45-30-28-26-23-20-17-14-11-8-5-2/h17-18,20-21,26,28-29,31,45,48,73H,4-16,19,22-25,27,30,32-44,46-47,49-72H2,1-3H3/b20-17-,21-18-,28-26-,31-29-,48-45-. The molecule has 0 heterocycles. The van der Waals surface area contributed by atoms with Crippen molar-refractivity contribution in [2.75, 3.05) is 13.2 Å². The van der Waals surface area contributed by atoms with Crippen LogP contribution in [-0.2, 0) is 28.6 Å². The third-order valence-corrected chi connectivity index (χ3v) is 16.2. The van der Waals surface area contributed by atoms with E-state index in [-0.39, 0.29) is 31.1 Å². The van der Waals surface area contributed by atoms with E-state index in [1.54, 1.807) is 0 Å². The van der Waals surface area contributed by atoms with Gasteiger partial charge in [-0.2, -0.15) is 0 Å². The van der Waals surface area contributed by atoms with Crippen molar-refractivity contribution < 1.29 is 28.6 Å². The second-order valence-corrected chi connectivity index (χ2v) is 24.5. The van der Waals surface area contributed by atoms with Gasteiger partial charge in [-0.25, -0.2) is 0 Å². The number of hydrogen-bond acceptors (Lipinski definition) is 6. The number of esters is 3. The van der Waals surface area contributed by atoms with Gasteiger partial charge in [0.25, 0.3) is 0 Å². The van der Waals surface area contributed by atoms with Crippen LogP contribution in [0, 0.1) is 0 Å². The number of unbranched alkanes of at least 4 members (excludes halogenated alkanes) is 46. The molecule has 0 radical (unpaired) electrons. The molecule has 0 aromatic heterocycles. The van der Waals surface area contributed by atoms with Crippen molar-refractivity contribution in [3.8, 4) is 0 Å². The van der Waals surface area contributed by atoms with Gasteiger partial charge in [-0.3, -0.25) is 14.4 Å². The molecule has 0 aliphatic rings. The first-order chi connectivity index (χ1) is 40.5. The Bertz CT molecular complexity index is 1460. The number of ether oxygens (including phenoxy) is 3. The lowest BCUT2D eigenvalue weighted by molar-refractivity contribution is -0.167. The minimum Gasteiger partial charge on any atom is -0.462 e. The predicted molar refractivity (Wildman–Crippen MR) is 358 cm³/mol. The van der Waals surface area contributed by atoms with Crippen molar-refractivity contribution in [3.63, 3.8) is 0 Å². The first-order valence-corrected chi connectivity index (χ1v) is 36.3. The van der Waals surface area contributed by atoms with Crippen LogP contribution in [0.2, 0.25) is 0 Å². The van der Waals surface area contributed by atoms with Crippen molar-refractivity contribution in [1.82, 2.24) is 0 Å². The van der Waals surface area contributed by atoms with Gasteiger partial charge in [0.15, 0.2) is 6.10 Å². The molecular formula is C76H138O6. The van der Waals surface area contributed by atoms with Gasteiger partial charge in [-0.15, -0.1) is 0 Å². The summed E-state index contributed by atoms with van der Waals surface area (Å²) in [5.41, 5.74) is 0. The van der Waals surface area contributed by atoms with E-state index in [0.717, 1.165) is 89.9 Å². The molecule has 6 nitrogen and oxygen atoms in total. The molecule has 0 aromatic rings. The Hall–Kier alpha value is -2.89. The molecule has 478 valence electrons. The zero-order valence-corrected chi connectivity index (χ0v) is 55.0. The summed E-state index contributed by atoms with van der Waals surface area (Å²) in [4.78, 5) is 38.4. The summed E-state index contributed by atoms with van der Waals surface area (Å²) in [6, 6.07) is 0. The zero-order valence-electron chi connectivity index (χ0n) is 55.0. The lowest BCUT2D eigenvalue weighted by Crippen LogP contribution is -2.30. The van der Waals surface area contributed by atoms with Crippen LogP contribution in [0.3, 0.4) is 0 Å². The largest absolute Gasteiger partial charge is 0.462 e. The molecule has 0 N–H and O–H groups in total. The van der Waals surface area contributed by atoms with Crippen molar-refractivity contribution in [3.05, 3.63) is 60.8 Å². The van der Waals surface area contributed by atoms with E-state index in [1.807, 2.05) is 0 Å². The second kappa shape index (κ2) is 70.6. The molecule has 1 unspecified atom stereocenters. The summed E-state index contributed by atoms with van der Waals surface area (Å²) in [5, 5.41) is 0. The Kier molecular flexibility index (Phi) is 68.1. The van der Waals surface area contributed by atoms with Gasteiger partial charge in [0.1, 0.15) is 13.2 Å². The maximum Gasteiger partial charge on any atom is 0.306 e. The van der Waals surface area contributed by atoms with E-state index < -0.39 is 6.10 Å². The average Bonchev–Trinajstić information content (AvgIpc) is 3.47. The maximum absolute atomic E-state index is 12.9. The van der Waals surface area contributed by atoms with E-state index in [4.69, 9.17) is 14.2 Å². The average molecular weight is 1150 g/mol. The lowest BCUT2D eigenvalue weighted by atomic mass is 10.0. The van der Waals surface area contributed by atoms with Crippen LogP contribution >= 0.6 is 0 Å². The first kappa shape index (κ1) is 79.1. The van der Waals surface area contributed by atoms with Crippen LogP contribution in [0.5, 0.6) is 0 Å². The van der Waals surface area contributed by atoms with E-state index in [2.05, 4.69) is 81.5 Å². The van der Waals surface area contributed by atoms with Crippen LogP contribution in [0.15, 0.2) is 60.8 Å². The van der Waals surface area contributed by atoms with Crippen LogP contribution in [0.25, 0.3) is 0 Å². The molecule has 1 atom stereocenters. The SMILES string of the molecule is CCCCC/C=C\C/C=C\C/C=C\CCCCCCCCC(=O)OC(COC(=O)CCCCCCC/C=C\CCCCC)COC(=O)CCCCCCCCCCCCCCCCCCCCCCC/C=C\CCCCCCCCCC. The molecule has 0 rings (SSSR count). The summed E-state index contributed by atoms with van der Waals surface area (Å²) in [6.07, 6.45) is 91.3. The molecule has 0 fully saturated rings. The molecule has 82 heavy (non-hydrogen) atoms. The summed E-state index contributed by atoms with van der Waals surface area (Å²) < 4.78 is 16.9. The highest BCUT2D eigenvalue weighted by Crippen LogP contribution is 2.18. The predicted octanol–water partition coefficient (Wildman–Crippen LogP) is 25.1. The number of carbonyl (C=O) groups is 3. The summed E-state index contributed by atoms with van der Waals surface area (Å²) in [7, 11) is 0. The smallest absolute Gasteiger partial charge is 0.306 e. The van der Waals surface area contributed by atoms with Crippen LogP contribution in [-0.4, -0.2) is 37.2 Å². The van der Waals surface area contributed by atoms with E-state index >= 15 is 0 Å². The number of hydrogen-bond donors (Lipinski definition) is 0. The fourth-order valence-corrected chi connectivity index (χ4v) is 10.7. The minimum absolute atomic E-state index is 0.0789. The Balaban J connectivity index is 4.13. The van der Waals surface area contributed by atoms with Gasteiger partial charge in [0.05, 0.1) is 0 Å². The highest BCUT2D eigenvalue weighted by molar-refractivity contribution is 5.71. The third kappa shape index (κ3) is 67.9. The van der Waals surface area contributed by atoms with Gasteiger partial charge in [0.2, 0.25) is 0 Å². The van der Waals surface area contributed by atoms with Gasteiger partial charge in [0, 0.05) is 19.3 Å². The number of carbonyl (C=O) groups excluding carboxylic acids is 3. The molecule has 0 saturated heterocycles. The van der Waals surface area contributed by atoms with Crippen molar-refractivity contribution in [2.45, 2.75) is 393 Å². The fourth-order valence-electron chi connectivity index (χ4n) is 10.7. The molecule has 6 heteroatoms. The quantitative estimate of drug-likeness (QED) is 0.0261. The molecule has 0 saturated carbocycles. The topological polar surface area (TPSA) is 78.9 Å². The van der Waals surface area contributed by atoms with Crippen molar-refractivity contribution in [1.29, 1.82) is 0 Å². The summed E-state index contributed by atoms with van der Waals surface area (Å²) >= 11 is 0. The van der Waals surface area contributed by atoms with Gasteiger partial charge >= 0.3 is 17.9 Å². The number of rotatable bonds is 67. The fraction of sp³-hybridized carbons (Fsp3) is 0.829. The van der Waals surface area contributed by atoms with Gasteiger partial charge in [-0.1, -0.05) is 319 Å². The van der Waals surface area contributed by atoms with Gasteiger partial charge < -0.3 is 14.2 Å². The highest BCUT2D eigenvalue weighted by atomic mass is 16.6.